The first-order valence-corrected chi connectivity index (χ1v) is 6.64. The fraction of sp³-hybridized carbons (Fsp3) is 0.357. The number of hydrogen-bond acceptors (Lipinski definition) is 2. The Labute approximate surface area is 113 Å². The molecule has 0 N–H and O–H groups in total. The second-order valence-electron chi connectivity index (χ2n) is 5.21. The van der Waals surface area contributed by atoms with Gasteiger partial charge in [-0.15, -0.1) is 0 Å². The first-order chi connectivity index (χ1) is 7.93. The lowest BCUT2D eigenvalue weighted by Crippen LogP contribution is -2.14. The number of hydrogen-bond donors (Lipinski definition) is 1. The Morgan fingerprint density at radius 2 is 2.00 bits per heavy atom. The molecule has 17 heavy (non-hydrogen) atoms. The normalized spacial score (nSPS) is 12.1. The van der Waals surface area contributed by atoms with E-state index in [1.165, 1.54) is 5.56 Å². The van der Waals surface area contributed by atoms with Gasteiger partial charge in [0.25, 0.3) is 0 Å². The number of nitrogens with zero attached hydrogens (tertiary/aromatic N) is 1. The summed E-state index contributed by atoms with van der Waals surface area (Å²) in [6, 6.07) is 8.01. The molecule has 2 rings (SSSR count). The van der Waals surface area contributed by atoms with E-state index in [9.17, 15) is 0 Å². The summed E-state index contributed by atoms with van der Waals surface area (Å²) in [5.41, 5.74) is 3.14. The van der Waals surface area contributed by atoms with E-state index in [1.54, 1.807) is 0 Å². The second-order valence-corrected chi connectivity index (χ2v) is 5.93. The number of rotatable bonds is 1. The first kappa shape index (κ1) is 12.7. The Morgan fingerprint density at radius 3 is 2.59 bits per heavy atom. The molecule has 1 nitrogen and oxygen atoms in total. The minimum Gasteiger partial charge on any atom is -0.251 e. The largest absolute Gasteiger partial charge is 0.251 e. The van der Waals surface area contributed by atoms with Crippen LogP contribution in [0.2, 0.25) is 5.02 Å². The summed E-state index contributed by atoms with van der Waals surface area (Å²) in [7, 11) is 0. The van der Waals surface area contributed by atoms with Crippen molar-refractivity contribution in [2.24, 2.45) is 0 Å². The van der Waals surface area contributed by atoms with Gasteiger partial charge in [-0.3, -0.25) is 4.98 Å². The predicted octanol–water partition coefficient (Wildman–Crippen LogP) is 4.62. The van der Waals surface area contributed by atoms with E-state index in [2.05, 4.69) is 44.5 Å². The van der Waals surface area contributed by atoms with Gasteiger partial charge < -0.3 is 0 Å². The Balaban J connectivity index is 2.81. The summed E-state index contributed by atoms with van der Waals surface area (Å²) in [4.78, 5) is 4.69. The number of pyridine rings is 1. The van der Waals surface area contributed by atoms with E-state index in [4.69, 9.17) is 11.6 Å². The molecule has 0 aliphatic rings. The van der Waals surface area contributed by atoms with Crippen LogP contribution in [0.4, 0.5) is 0 Å². The van der Waals surface area contributed by atoms with Crippen LogP contribution >= 0.6 is 24.2 Å². The molecule has 0 aliphatic carbocycles. The molecule has 0 saturated carbocycles. The molecular formula is C14H16ClNS. The Kier molecular flexibility index (Phi) is 3.37. The molecule has 0 fully saturated rings. The van der Waals surface area contributed by atoms with Gasteiger partial charge in [-0.05, 0) is 17.7 Å². The highest BCUT2D eigenvalue weighted by atomic mass is 35.5. The van der Waals surface area contributed by atoms with Gasteiger partial charge in [0, 0.05) is 22.2 Å². The van der Waals surface area contributed by atoms with Crippen molar-refractivity contribution in [3.63, 3.8) is 0 Å². The minimum atomic E-state index is 0.0189. The maximum absolute atomic E-state index is 6.22. The molecule has 2 aromatic rings. The summed E-state index contributed by atoms with van der Waals surface area (Å²) in [6.45, 7) is 6.46. The Morgan fingerprint density at radius 1 is 1.29 bits per heavy atom. The zero-order valence-corrected chi connectivity index (χ0v) is 11.9. The van der Waals surface area contributed by atoms with Gasteiger partial charge in [0.15, 0.2) is 0 Å². The van der Waals surface area contributed by atoms with Crippen molar-refractivity contribution < 1.29 is 0 Å². The van der Waals surface area contributed by atoms with E-state index >= 15 is 0 Å². The highest BCUT2D eigenvalue weighted by molar-refractivity contribution is 7.79. The van der Waals surface area contributed by atoms with Gasteiger partial charge in [0.05, 0.1) is 10.5 Å². The van der Waals surface area contributed by atoms with Crippen LogP contribution in [0.25, 0.3) is 10.9 Å². The molecule has 0 radical (unpaired) electrons. The molecule has 0 amide bonds. The van der Waals surface area contributed by atoms with Crippen molar-refractivity contribution in [2.45, 2.75) is 31.9 Å². The van der Waals surface area contributed by atoms with Crippen LogP contribution in [-0.2, 0) is 11.2 Å². The van der Waals surface area contributed by atoms with Crippen LogP contribution in [0.1, 0.15) is 32.0 Å². The van der Waals surface area contributed by atoms with Crippen molar-refractivity contribution in [1.82, 2.24) is 4.98 Å². The Hall–Kier alpha value is -0.730. The monoisotopic (exact) mass is 265 g/mol. The number of benzene rings is 1. The van der Waals surface area contributed by atoms with E-state index in [1.807, 2.05) is 18.2 Å². The molecule has 0 saturated heterocycles. The zero-order valence-electron chi connectivity index (χ0n) is 10.3. The van der Waals surface area contributed by atoms with E-state index < -0.39 is 0 Å². The highest BCUT2D eigenvalue weighted by Crippen LogP contribution is 2.30. The molecule has 0 spiro atoms. The lowest BCUT2D eigenvalue weighted by molar-refractivity contribution is 0.571. The third-order valence-electron chi connectivity index (χ3n) is 2.81. The van der Waals surface area contributed by atoms with Gasteiger partial charge >= 0.3 is 0 Å². The van der Waals surface area contributed by atoms with Gasteiger partial charge in [-0.2, -0.15) is 12.6 Å². The molecule has 0 unspecified atom stereocenters. The van der Waals surface area contributed by atoms with Crippen LogP contribution in [-0.4, -0.2) is 4.98 Å². The Bertz CT molecular complexity index is 558. The standard InChI is InChI=1S/C14H16ClNS/c1-14(2,3)12-7-9(8-17)10-5-4-6-11(15)13(10)16-12/h4-7,17H,8H2,1-3H3. The maximum Gasteiger partial charge on any atom is 0.0894 e. The number of para-hydroxylation sites is 1. The molecule has 0 aliphatic heterocycles. The summed E-state index contributed by atoms with van der Waals surface area (Å²) in [5, 5.41) is 1.80. The number of aromatic nitrogens is 1. The predicted molar refractivity (Wildman–Crippen MR) is 78.1 cm³/mol. The van der Waals surface area contributed by atoms with Crippen LogP contribution in [0.15, 0.2) is 24.3 Å². The fourth-order valence-corrected chi connectivity index (χ4v) is 2.28. The zero-order chi connectivity index (χ0) is 12.6. The summed E-state index contributed by atoms with van der Waals surface area (Å²) >= 11 is 10.6. The number of fused-ring (bicyclic) bond motifs is 1. The van der Waals surface area contributed by atoms with Crippen LogP contribution < -0.4 is 0 Å². The van der Waals surface area contributed by atoms with Gasteiger partial charge in [-0.1, -0.05) is 44.5 Å². The smallest absolute Gasteiger partial charge is 0.0894 e. The van der Waals surface area contributed by atoms with Crippen molar-refractivity contribution in [3.8, 4) is 0 Å². The van der Waals surface area contributed by atoms with E-state index in [0.29, 0.717) is 10.8 Å². The third kappa shape index (κ3) is 2.43. The molecule has 90 valence electrons. The van der Waals surface area contributed by atoms with Gasteiger partial charge in [-0.25, -0.2) is 0 Å². The van der Waals surface area contributed by atoms with Crippen LogP contribution in [0, 0.1) is 0 Å². The van der Waals surface area contributed by atoms with Crippen molar-refractivity contribution in [3.05, 3.63) is 40.5 Å². The van der Waals surface area contributed by atoms with Gasteiger partial charge in [0.1, 0.15) is 0 Å². The molecule has 1 aromatic heterocycles. The lowest BCUT2D eigenvalue weighted by Gasteiger charge is -2.20. The third-order valence-corrected chi connectivity index (χ3v) is 3.46. The van der Waals surface area contributed by atoms with E-state index in [0.717, 1.165) is 16.6 Å². The minimum absolute atomic E-state index is 0.0189. The molecule has 1 aromatic carbocycles. The first-order valence-electron chi connectivity index (χ1n) is 5.63. The summed E-state index contributed by atoms with van der Waals surface area (Å²) < 4.78 is 0. The van der Waals surface area contributed by atoms with Crippen LogP contribution in [0.3, 0.4) is 0 Å². The lowest BCUT2D eigenvalue weighted by atomic mass is 9.90. The topological polar surface area (TPSA) is 12.9 Å². The maximum atomic E-state index is 6.22. The van der Waals surface area contributed by atoms with Crippen molar-refractivity contribution in [1.29, 1.82) is 0 Å². The highest BCUT2D eigenvalue weighted by Gasteiger charge is 2.18. The van der Waals surface area contributed by atoms with Crippen molar-refractivity contribution >= 4 is 35.1 Å². The average Bonchev–Trinajstić information content (AvgIpc) is 2.27. The van der Waals surface area contributed by atoms with E-state index in [-0.39, 0.29) is 5.41 Å². The molecule has 3 heteroatoms. The number of halogens is 1. The molecule has 1 heterocycles. The van der Waals surface area contributed by atoms with Crippen molar-refractivity contribution in [2.75, 3.05) is 0 Å². The summed E-state index contributed by atoms with van der Waals surface area (Å²) in [5.74, 6) is 0.697. The summed E-state index contributed by atoms with van der Waals surface area (Å²) in [6.07, 6.45) is 0. The fourth-order valence-electron chi connectivity index (χ4n) is 1.80. The van der Waals surface area contributed by atoms with Crippen LogP contribution in [0.5, 0.6) is 0 Å². The SMILES string of the molecule is CC(C)(C)c1cc(CS)c2cccc(Cl)c2n1. The quantitative estimate of drug-likeness (QED) is 0.743. The molecular weight excluding hydrogens is 250 g/mol. The molecule has 0 bridgehead atoms. The average molecular weight is 266 g/mol. The molecule has 0 atom stereocenters. The number of thiol groups is 1. The van der Waals surface area contributed by atoms with Gasteiger partial charge in [0.2, 0.25) is 0 Å². The second kappa shape index (κ2) is 4.51.